The van der Waals surface area contributed by atoms with Crippen molar-refractivity contribution in [2.45, 2.75) is 26.3 Å². The van der Waals surface area contributed by atoms with Gasteiger partial charge >= 0.3 is 0 Å². The summed E-state index contributed by atoms with van der Waals surface area (Å²) in [6.45, 7) is 3.83. The molecule has 0 aliphatic carbocycles. The van der Waals surface area contributed by atoms with Crippen LogP contribution < -0.4 is 25.0 Å². The number of anilines is 2. The number of ether oxygens (including phenoxy) is 2. The number of nitrogens with one attached hydrogen (secondary N) is 2. The van der Waals surface area contributed by atoms with E-state index in [4.69, 9.17) is 21.7 Å². The summed E-state index contributed by atoms with van der Waals surface area (Å²) in [7, 11) is 1.62. The van der Waals surface area contributed by atoms with Gasteiger partial charge in [-0.15, -0.1) is 0 Å². The van der Waals surface area contributed by atoms with Gasteiger partial charge in [0.1, 0.15) is 0 Å². The van der Waals surface area contributed by atoms with E-state index in [1.807, 2.05) is 54.3 Å². The maximum absolute atomic E-state index is 11.9. The smallest absolute Gasteiger partial charge is 0.227 e. The SMILES string of the molecule is CCOc1cc(CNC(=S)Nc2cccc(N3CCCC3=O)c2)ccc1OC. The second kappa shape index (κ2) is 9.41. The van der Waals surface area contributed by atoms with Crippen LogP contribution in [-0.4, -0.2) is 31.3 Å². The lowest BCUT2D eigenvalue weighted by Gasteiger charge is -2.17. The Bertz CT molecular complexity index is 857. The van der Waals surface area contributed by atoms with E-state index in [1.165, 1.54) is 0 Å². The van der Waals surface area contributed by atoms with E-state index in [2.05, 4.69) is 10.6 Å². The van der Waals surface area contributed by atoms with Gasteiger partial charge in [0, 0.05) is 30.9 Å². The average Bonchev–Trinajstić information content (AvgIpc) is 3.13. The van der Waals surface area contributed by atoms with E-state index in [-0.39, 0.29) is 5.91 Å². The van der Waals surface area contributed by atoms with Crippen LogP contribution in [0.4, 0.5) is 11.4 Å². The molecule has 1 saturated heterocycles. The maximum Gasteiger partial charge on any atom is 0.227 e. The molecule has 2 aromatic carbocycles. The molecule has 3 rings (SSSR count). The lowest BCUT2D eigenvalue weighted by atomic mass is 10.2. The van der Waals surface area contributed by atoms with Crippen LogP contribution in [0, 0.1) is 0 Å². The molecule has 148 valence electrons. The third-order valence-electron chi connectivity index (χ3n) is 4.47. The first-order valence-corrected chi connectivity index (χ1v) is 9.76. The van der Waals surface area contributed by atoms with E-state index in [9.17, 15) is 4.79 Å². The van der Waals surface area contributed by atoms with Crippen molar-refractivity contribution in [1.82, 2.24) is 5.32 Å². The Kier molecular flexibility index (Phi) is 6.71. The summed E-state index contributed by atoms with van der Waals surface area (Å²) >= 11 is 5.41. The van der Waals surface area contributed by atoms with Crippen LogP contribution in [0.5, 0.6) is 11.5 Å². The minimum Gasteiger partial charge on any atom is -0.493 e. The first-order chi connectivity index (χ1) is 13.6. The topological polar surface area (TPSA) is 62.8 Å². The molecular weight excluding hydrogens is 374 g/mol. The molecule has 7 heteroatoms. The third-order valence-corrected chi connectivity index (χ3v) is 4.72. The molecule has 1 aliphatic heterocycles. The fourth-order valence-corrected chi connectivity index (χ4v) is 3.32. The second-order valence-electron chi connectivity index (χ2n) is 6.43. The molecule has 1 amide bonds. The first kappa shape index (κ1) is 19.9. The molecule has 0 unspecified atom stereocenters. The predicted octanol–water partition coefficient (Wildman–Crippen LogP) is 3.71. The summed E-state index contributed by atoms with van der Waals surface area (Å²) in [5, 5.41) is 6.89. The fraction of sp³-hybridized carbons (Fsp3) is 0.333. The van der Waals surface area contributed by atoms with Crippen molar-refractivity contribution in [3.05, 3.63) is 48.0 Å². The summed E-state index contributed by atoms with van der Waals surface area (Å²) in [6.07, 6.45) is 1.52. The molecule has 0 atom stereocenters. The van der Waals surface area contributed by atoms with Crippen LogP contribution in [0.3, 0.4) is 0 Å². The number of carbonyl (C=O) groups excluding carboxylic acids is 1. The van der Waals surface area contributed by atoms with E-state index in [0.717, 1.165) is 29.9 Å². The van der Waals surface area contributed by atoms with Crippen molar-refractivity contribution in [3.8, 4) is 11.5 Å². The number of hydrogen-bond acceptors (Lipinski definition) is 4. The zero-order valence-corrected chi connectivity index (χ0v) is 17.0. The minimum absolute atomic E-state index is 0.169. The highest BCUT2D eigenvalue weighted by Gasteiger charge is 2.21. The Morgan fingerprint density at radius 3 is 2.79 bits per heavy atom. The third kappa shape index (κ3) is 4.92. The molecule has 2 N–H and O–H groups in total. The lowest BCUT2D eigenvalue weighted by Crippen LogP contribution is -2.28. The summed E-state index contributed by atoms with van der Waals surface area (Å²) in [4.78, 5) is 13.7. The van der Waals surface area contributed by atoms with Crippen molar-refractivity contribution in [3.63, 3.8) is 0 Å². The van der Waals surface area contributed by atoms with Gasteiger partial charge in [-0.25, -0.2) is 0 Å². The molecule has 1 aliphatic rings. The van der Waals surface area contributed by atoms with Crippen LogP contribution in [-0.2, 0) is 11.3 Å². The first-order valence-electron chi connectivity index (χ1n) is 9.35. The Labute approximate surface area is 170 Å². The highest BCUT2D eigenvalue weighted by molar-refractivity contribution is 7.80. The molecular formula is C21H25N3O3S. The predicted molar refractivity (Wildman–Crippen MR) is 115 cm³/mol. The lowest BCUT2D eigenvalue weighted by molar-refractivity contribution is -0.117. The number of hydrogen-bond donors (Lipinski definition) is 2. The van der Waals surface area contributed by atoms with Gasteiger partial charge in [-0.05, 0) is 61.5 Å². The van der Waals surface area contributed by atoms with Crippen molar-refractivity contribution >= 4 is 34.6 Å². The largest absolute Gasteiger partial charge is 0.493 e. The van der Waals surface area contributed by atoms with Gasteiger partial charge in [-0.1, -0.05) is 12.1 Å². The molecule has 0 radical (unpaired) electrons. The maximum atomic E-state index is 11.9. The minimum atomic E-state index is 0.169. The number of methoxy groups -OCH3 is 1. The monoisotopic (exact) mass is 399 g/mol. The van der Waals surface area contributed by atoms with Gasteiger partial charge < -0.3 is 25.0 Å². The standard InChI is InChI=1S/C21H25N3O3S/c1-3-27-19-12-15(9-10-18(19)26-2)14-22-21(28)23-16-6-4-7-17(13-16)24-11-5-8-20(24)25/h4,6-7,9-10,12-13H,3,5,8,11,14H2,1-2H3,(H2,22,23,28). The summed E-state index contributed by atoms with van der Waals surface area (Å²) in [6, 6.07) is 13.5. The van der Waals surface area contributed by atoms with Crippen LogP contribution >= 0.6 is 12.2 Å². The normalized spacial score (nSPS) is 13.4. The van der Waals surface area contributed by atoms with Crippen molar-refractivity contribution < 1.29 is 14.3 Å². The van der Waals surface area contributed by atoms with Crippen LogP contribution in [0.2, 0.25) is 0 Å². The van der Waals surface area contributed by atoms with Crippen LogP contribution in [0.15, 0.2) is 42.5 Å². The van der Waals surface area contributed by atoms with Crippen LogP contribution in [0.1, 0.15) is 25.3 Å². The average molecular weight is 400 g/mol. The van der Waals surface area contributed by atoms with Gasteiger partial charge in [0.2, 0.25) is 5.91 Å². The summed E-state index contributed by atoms with van der Waals surface area (Å²) < 4.78 is 10.9. The highest BCUT2D eigenvalue weighted by atomic mass is 32.1. The molecule has 28 heavy (non-hydrogen) atoms. The molecule has 0 bridgehead atoms. The fourth-order valence-electron chi connectivity index (χ4n) is 3.13. The molecule has 0 spiro atoms. The molecule has 6 nitrogen and oxygen atoms in total. The highest BCUT2D eigenvalue weighted by Crippen LogP contribution is 2.28. The van der Waals surface area contributed by atoms with E-state index >= 15 is 0 Å². The van der Waals surface area contributed by atoms with Gasteiger partial charge in [0.05, 0.1) is 13.7 Å². The second-order valence-corrected chi connectivity index (χ2v) is 6.83. The van der Waals surface area contributed by atoms with Crippen molar-refractivity contribution in [2.75, 3.05) is 30.5 Å². The molecule has 1 heterocycles. The molecule has 0 aromatic heterocycles. The zero-order chi connectivity index (χ0) is 19.9. The number of rotatable bonds is 7. The van der Waals surface area contributed by atoms with E-state index in [1.54, 1.807) is 7.11 Å². The summed E-state index contributed by atoms with van der Waals surface area (Å²) in [5.41, 5.74) is 2.77. The van der Waals surface area contributed by atoms with Gasteiger partial charge in [-0.2, -0.15) is 0 Å². The van der Waals surface area contributed by atoms with E-state index in [0.29, 0.717) is 36.2 Å². The Hall–Kier alpha value is -2.80. The number of amides is 1. The summed E-state index contributed by atoms with van der Waals surface area (Å²) in [5.74, 6) is 1.59. The molecule has 2 aromatic rings. The Morgan fingerprint density at radius 2 is 2.07 bits per heavy atom. The van der Waals surface area contributed by atoms with Gasteiger partial charge in [0.25, 0.3) is 0 Å². The molecule has 1 fully saturated rings. The van der Waals surface area contributed by atoms with Crippen LogP contribution in [0.25, 0.3) is 0 Å². The van der Waals surface area contributed by atoms with E-state index < -0.39 is 0 Å². The number of benzene rings is 2. The van der Waals surface area contributed by atoms with Crippen molar-refractivity contribution in [2.24, 2.45) is 0 Å². The Balaban J connectivity index is 1.59. The molecule has 0 saturated carbocycles. The number of carbonyl (C=O) groups is 1. The Morgan fingerprint density at radius 1 is 1.21 bits per heavy atom. The van der Waals surface area contributed by atoms with Gasteiger partial charge in [0.15, 0.2) is 16.6 Å². The number of thiocarbonyl (C=S) groups is 1. The zero-order valence-electron chi connectivity index (χ0n) is 16.2. The quantitative estimate of drug-likeness (QED) is 0.692. The number of nitrogens with zero attached hydrogens (tertiary/aromatic N) is 1. The van der Waals surface area contributed by atoms with Gasteiger partial charge in [-0.3, -0.25) is 4.79 Å². The van der Waals surface area contributed by atoms with Crippen molar-refractivity contribution in [1.29, 1.82) is 0 Å².